The van der Waals surface area contributed by atoms with Gasteiger partial charge in [0.25, 0.3) is 0 Å². The molecule has 1 aromatic rings. The van der Waals surface area contributed by atoms with Gasteiger partial charge in [0.15, 0.2) is 6.29 Å². The Morgan fingerprint density at radius 2 is 2.00 bits per heavy atom. The predicted octanol–water partition coefficient (Wildman–Crippen LogP) is 3.27. The Morgan fingerprint density at radius 3 is 2.59 bits per heavy atom. The number of carbonyl (C=O) groups is 1. The molecule has 0 N–H and O–H groups in total. The Kier molecular flexibility index (Phi) is 2.46. The van der Waals surface area contributed by atoms with Crippen molar-refractivity contribution >= 4 is 6.29 Å². The summed E-state index contributed by atoms with van der Waals surface area (Å²) in [4.78, 5) is 11.3. The summed E-state index contributed by atoms with van der Waals surface area (Å²) in [5.41, 5.74) is 3.87. The van der Waals surface area contributed by atoms with Crippen LogP contribution in [0.4, 0.5) is 0 Å². The highest BCUT2D eigenvalue weighted by molar-refractivity contribution is 5.83. The second kappa shape index (κ2) is 3.86. The Labute approximate surface area is 102 Å². The lowest BCUT2D eigenvalue weighted by Crippen LogP contribution is -2.38. The first kappa shape index (κ1) is 10.8. The third kappa shape index (κ3) is 1.43. The van der Waals surface area contributed by atoms with E-state index in [1.54, 1.807) is 7.11 Å². The van der Waals surface area contributed by atoms with Gasteiger partial charge < -0.3 is 4.74 Å². The fraction of sp³-hybridized carbons (Fsp3) is 0.533. The van der Waals surface area contributed by atoms with Crippen molar-refractivity contribution < 1.29 is 9.53 Å². The summed E-state index contributed by atoms with van der Waals surface area (Å²) in [6.45, 7) is 0. The molecule has 2 aliphatic carbocycles. The van der Waals surface area contributed by atoms with E-state index in [4.69, 9.17) is 4.74 Å². The van der Waals surface area contributed by atoms with Crippen molar-refractivity contribution in [2.45, 2.75) is 43.9 Å². The lowest BCUT2D eigenvalue weighted by Gasteiger charge is -2.46. The van der Waals surface area contributed by atoms with Gasteiger partial charge in [-0.05, 0) is 54.7 Å². The summed E-state index contributed by atoms with van der Waals surface area (Å²) in [7, 11) is 1.64. The van der Waals surface area contributed by atoms with Crippen LogP contribution in [0.15, 0.2) is 12.1 Å². The molecular formula is C15H18O2. The number of rotatable bonds is 2. The number of benzene rings is 1. The van der Waals surface area contributed by atoms with Gasteiger partial charge in [-0.2, -0.15) is 0 Å². The predicted molar refractivity (Wildman–Crippen MR) is 66.8 cm³/mol. The summed E-state index contributed by atoms with van der Waals surface area (Å²) >= 11 is 0. The third-order valence-corrected chi connectivity index (χ3v) is 4.62. The van der Waals surface area contributed by atoms with Crippen LogP contribution in [-0.2, 0) is 11.8 Å². The van der Waals surface area contributed by atoms with Gasteiger partial charge >= 0.3 is 0 Å². The molecule has 0 atom stereocenters. The molecule has 17 heavy (non-hydrogen) atoms. The number of hydrogen-bond acceptors (Lipinski definition) is 2. The zero-order valence-electron chi connectivity index (χ0n) is 10.3. The number of aldehydes is 1. The molecule has 1 saturated carbocycles. The molecule has 0 aliphatic heterocycles. The van der Waals surface area contributed by atoms with Crippen LogP contribution in [0.2, 0.25) is 0 Å². The van der Waals surface area contributed by atoms with Gasteiger partial charge in [0.2, 0.25) is 0 Å². The molecule has 90 valence electrons. The van der Waals surface area contributed by atoms with Gasteiger partial charge in [0.1, 0.15) is 5.75 Å². The molecule has 0 heterocycles. The van der Waals surface area contributed by atoms with Crippen molar-refractivity contribution in [3.05, 3.63) is 28.8 Å². The fourth-order valence-electron chi connectivity index (χ4n) is 3.58. The quantitative estimate of drug-likeness (QED) is 0.729. The molecule has 0 amide bonds. The van der Waals surface area contributed by atoms with E-state index >= 15 is 0 Å². The number of fused-ring (bicyclic) bond motifs is 2. The minimum Gasteiger partial charge on any atom is -0.496 e. The topological polar surface area (TPSA) is 26.3 Å². The zero-order valence-corrected chi connectivity index (χ0v) is 10.3. The van der Waals surface area contributed by atoms with Crippen molar-refractivity contribution in [3.63, 3.8) is 0 Å². The van der Waals surface area contributed by atoms with E-state index in [9.17, 15) is 4.79 Å². The molecule has 2 nitrogen and oxygen atoms in total. The van der Waals surface area contributed by atoms with Crippen LogP contribution in [0.25, 0.3) is 0 Å². The molecule has 0 aromatic heterocycles. The van der Waals surface area contributed by atoms with Crippen molar-refractivity contribution in [1.29, 1.82) is 0 Å². The van der Waals surface area contributed by atoms with E-state index in [-0.39, 0.29) is 0 Å². The first-order valence-electron chi connectivity index (χ1n) is 6.46. The minimum absolute atomic E-state index is 0.400. The summed E-state index contributed by atoms with van der Waals surface area (Å²) in [6.07, 6.45) is 8.43. The number of ether oxygens (including phenoxy) is 1. The van der Waals surface area contributed by atoms with Gasteiger partial charge in [-0.25, -0.2) is 0 Å². The highest BCUT2D eigenvalue weighted by atomic mass is 16.5. The van der Waals surface area contributed by atoms with Crippen molar-refractivity contribution in [1.82, 2.24) is 0 Å². The van der Waals surface area contributed by atoms with E-state index in [0.717, 1.165) is 24.0 Å². The van der Waals surface area contributed by atoms with Crippen molar-refractivity contribution in [2.24, 2.45) is 0 Å². The van der Waals surface area contributed by atoms with Crippen LogP contribution < -0.4 is 4.74 Å². The van der Waals surface area contributed by atoms with Crippen LogP contribution in [0.3, 0.4) is 0 Å². The molecule has 1 aromatic carbocycles. The van der Waals surface area contributed by atoms with E-state index in [1.165, 1.54) is 43.2 Å². The normalized spacial score (nSPS) is 20.5. The molecule has 0 saturated heterocycles. The molecule has 2 heteroatoms. The highest BCUT2D eigenvalue weighted by Gasteiger charge is 2.42. The van der Waals surface area contributed by atoms with Crippen LogP contribution >= 0.6 is 0 Å². The molecule has 0 radical (unpaired) electrons. The fourth-order valence-corrected chi connectivity index (χ4v) is 3.58. The first-order chi connectivity index (χ1) is 8.30. The summed E-state index contributed by atoms with van der Waals surface area (Å²) in [5.74, 6) is 0.732. The minimum atomic E-state index is 0.400. The lowest BCUT2D eigenvalue weighted by atomic mass is 9.58. The Bertz CT molecular complexity index is 458. The van der Waals surface area contributed by atoms with Gasteiger partial charge in [-0.15, -0.1) is 0 Å². The molecule has 3 rings (SSSR count). The molecule has 1 fully saturated rings. The molecular weight excluding hydrogens is 212 g/mol. The monoisotopic (exact) mass is 230 g/mol. The van der Waals surface area contributed by atoms with Crippen molar-refractivity contribution in [3.8, 4) is 5.75 Å². The van der Waals surface area contributed by atoms with E-state index in [0.29, 0.717) is 5.41 Å². The zero-order chi connectivity index (χ0) is 11.9. The maximum atomic E-state index is 11.3. The Balaban J connectivity index is 2.17. The van der Waals surface area contributed by atoms with E-state index in [2.05, 4.69) is 6.07 Å². The second-order valence-corrected chi connectivity index (χ2v) is 5.31. The first-order valence-corrected chi connectivity index (χ1v) is 6.46. The standard InChI is InChI=1S/C15H18O2/c1-17-14-6-5-13-11(12(14)10-16)4-2-7-15(13)8-3-9-15/h5-6,10H,2-4,7-9H2,1H3. The maximum absolute atomic E-state index is 11.3. The van der Waals surface area contributed by atoms with Crippen LogP contribution in [0.1, 0.15) is 53.6 Å². The van der Waals surface area contributed by atoms with Gasteiger partial charge in [-0.1, -0.05) is 12.5 Å². The molecule has 0 bridgehead atoms. The molecule has 2 aliphatic rings. The largest absolute Gasteiger partial charge is 0.496 e. The van der Waals surface area contributed by atoms with Gasteiger partial charge in [0, 0.05) is 0 Å². The van der Waals surface area contributed by atoms with Crippen LogP contribution in [0.5, 0.6) is 5.75 Å². The summed E-state index contributed by atoms with van der Waals surface area (Å²) in [6, 6.07) is 4.16. The summed E-state index contributed by atoms with van der Waals surface area (Å²) < 4.78 is 5.29. The number of hydrogen-bond donors (Lipinski definition) is 0. The molecule has 0 unspecified atom stereocenters. The lowest BCUT2D eigenvalue weighted by molar-refractivity contribution is 0.111. The second-order valence-electron chi connectivity index (χ2n) is 5.31. The SMILES string of the molecule is COc1ccc2c(c1C=O)CCCC21CCC1. The number of methoxy groups -OCH3 is 1. The van der Waals surface area contributed by atoms with Gasteiger partial charge in [0.05, 0.1) is 12.7 Å². The number of carbonyl (C=O) groups excluding carboxylic acids is 1. The summed E-state index contributed by atoms with van der Waals surface area (Å²) in [5, 5.41) is 0. The molecule has 1 spiro atoms. The smallest absolute Gasteiger partial charge is 0.154 e. The maximum Gasteiger partial charge on any atom is 0.154 e. The average Bonchev–Trinajstić information content (AvgIpc) is 2.34. The van der Waals surface area contributed by atoms with Crippen molar-refractivity contribution in [2.75, 3.05) is 7.11 Å². The van der Waals surface area contributed by atoms with E-state index in [1.807, 2.05) is 6.07 Å². The highest BCUT2D eigenvalue weighted by Crippen LogP contribution is 2.52. The van der Waals surface area contributed by atoms with Crippen LogP contribution in [0, 0.1) is 0 Å². The Hall–Kier alpha value is -1.31. The average molecular weight is 230 g/mol. The van der Waals surface area contributed by atoms with Gasteiger partial charge in [-0.3, -0.25) is 4.79 Å². The third-order valence-electron chi connectivity index (χ3n) is 4.62. The van der Waals surface area contributed by atoms with Crippen LogP contribution in [-0.4, -0.2) is 13.4 Å². The van der Waals surface area contributed by atoms with E-state index < -0.39 is 0 Å². The Morgan fingerprint density at radius 1 is 1.24 bits per heavy atom.